The lowest BCUT2D eigenvalue weighted by Gasteiger charge is -2.11. The number of hydrogen-bond donors (Lipinski definition) is 1. The van der Waals surface area contributed by atoms with Crippen LogP contribution in [-0.4, -0.2) is 16.7 Å². The van der Waals surface area contributed by atoms with Crippen LogP contribution in [0.3, 0.4) is 0 Å². The zero-order valence-electron chi connectivity index (χ0n) is 10.8. The van der Waals surface area contributed by atoms with Gasteiger partial charge in [0.15, 0.2) is 4.77 Å². The molecule has 0 aliphatic heterocycles. The highest BCUT2D eigenvalue weighted by atomic mass is 35.5. The fourth-order valence-corrected chi connectivity index (χ4v) is 2.82. The van der Waals surface area contributed by atoms with Crippen LogP contribution < -0.4 is 4.74 Å². The Morgan fingerprint density at radius 3 is 2.71 bits per heavy atom. The second-order valence-electron chi connectivity index (χ2n) is 4.37. The molecule has 3 rings (SSSR count). The Balaban J connectivity index is 2.40. The van der Waals surface area contributed by atoms with Crippen molar-refractivity contribution in [2.75, 3.05) is 7.11 Å². The van der Waals surface area contributed by atoms with Crippen LogP contribution in [-0.2, 0) is 0 Å². The molecule has 108 valence electrons. The number of benzene rings is 2. The van der Waals surface area contributed by atoms with Gasteiger partial charge in [0.1, 0.15) is 11.6 Å². The standard InChI is InChI=1S/C14H9Cl2FN2OS/c1-20-13-3-2-7(15)4-12(13)19-11-6-9(17)8(16)5-10(11)18-14(19)21/h2-6H,1H3,(H,18,21). The SMILES string of the molecule is COc1ccc(Cl)cc1-n1c(=S)[nH]c2cc(Cl)c(F)cc21. The molecule has 0 radical (unpaired) electrons. The van der Waals surface area contributed by atoms with Crippen molar-refractivity contribution in [3.8, 4) is 11.4 Å². The minimum atomic E-state index is -0.520. The van der Waals surface area contributed by atoms with Gasteiger partial charge in [0, 0.05) is 11.1 Å². The molecule has 0 saturated heterocycles. The van der Waals surface area contributed by atoms with E-state index in [2.05, 4.69) is 4.98 Å². The van der Waals surface area contributed by atoms with E-state index in [4.69, 9.17) is 40.2 Å². The minimum Gasteiger partial charge on any atom is -0.495 e. The van der Waals surface area contributed by atoms with E-state index >= 15 is 0 Å². The number of ether oxygens (including phenoxy) is 1. The largest absolute Gasteiger partial charge is 0.495 e. The second kappa shape index (κ2) is 5.33. The fraction of sp³-hybridized carbons (Fsp3) is 0.0714. The first-order chi connectivity index (χ1) is 10.0. The van der Waals surface area contributed by atoms with E-state index in [9.17, 15) is 4.39 Å². The van der Waals surface area contributed by atoms with Gasteiger partial charge in [-0.3, -0.25) is 4.57 Å². The fourth-order valence-electron chi connectivity index (χ4n) is 2.18. The van der Waals surface area contributed by atoms with E-state index in [-0.39, 0.29) is 5.02 Å². The van der Waals surface area contributed by atoms with Crippen molar-refractivity contribution in [2.45, 2.75) is 0 Å². The molecule has 0 saturated carbocycles. The van der Waals surface area contributed by atoms with Crippen molar-refractivity contribution < 1.29 is 9.13 Å². The number of halogens is 3. The second-order valence-corrected chi connectivity index (χ2v) is 5.60. The highest BCUT2D eigenvalue weighted by molar-refractivity contribution is 7.71. The van der Waals surface area contributed by atoms with E-state index in [0.29, 0.717) is 32.3 Å². The van der Waals surface area contributed by atoms with Gasteiger partial charge >= 0.3 is 0 Å². The lowest BCUT2D eigenvalue weighted by Crippen LogP contribution is -1.98. The number of methoxy groups -OCH3 is 1. The third-order valence-corrected chi connectivity index (χ3v) is 3.92. The zero-order chi connectivity index (χ0) is 15.1. The van der Waals surface area contributed by atoms with E-state index in [1.807, 2.05) is 0 Å². The van der Waals surface area contributed by atoms with Crippen molar-refractivity contribution >= 4 is 46.5 Å². The summed E-state index contributed by atoms with van der Waals surface area (Å²) in [6.45, 7) is 0. The molecule has 1 N–H and O–H groups in total. The summed E-state index contributed by atoms with van der Waals surface area (Å²) in [4.78, 5) is 2.99. The molecule has 0 aliphatic rings. The topological polar surface area (TPSA) is 29.9 Å². The summed E-state index contributed by atoms with van der Waals surface area (Å²) in [5.41, 5.74) is 1.82. The first-order valence-electron chi connectivity index (χ1n) is 5.95. The smallest absolute Gasteiger partial charge is 0.182 e. The highest BCUT2D eigenvalue weighted by Crippen LogP contribution is 2.31. The Hall–Kier alpha value is -1.56. The zero-order valence-corrected chi connectivity index (χ0v) is 13.1. The van der Waals surface area contributed by atoms with Gasteiger partial charge in [0.2, 0.25) is 0 Å². The lowest BCUT2D eigenvalue weighted by molar-refractivity contribution is 0.413. The molecule has 3 aromatic rings. The van der Waals surface area contributed by atoms with Crippen LogP contribution >= 0.6 is 35.4 Å². The highest BCUT2D eigenvalue weighted by Gasteiger charge is 2.14. The number of aromatic amines is 1. The van der Waals surface area contributed by atoms with Gasteiger partial charge in [0.05, 0.1) is 28.9 Å². The van der Waals surface area contributed by atoms with Gasteiger partial charge in [-0.05, 0) is 36.5 Å². The first kappa shape index (κ1) is 14.4. The van der Waals surface area contributed by atoms with E-state index in [0.717, 1.165) is 0 Å². The van der Waals surface area contributed by atoms with Crippen LogP contribution in [0.15, 0.2) is 30.3 Å². The van der Waals surface area contributed by atoms with Crippen LogP contribution in [0.5, 0.6) is 5.75 Å². The van der Waals surface area contributed by atoms with Gasteiger partial charge in [-0.25, -0.2) is 4.39 Å². The summed E-state index contributed by atoms with van der Waals surface area (Å²) in [5.74, 6) is 0.0552. The molecule has 0 spiro atoms. The molecule has 7 heteroatoms. The Kier molecular flexibility index (Phi) is 3.65. The lowest BCUT2D eigenvalue weighted by atomic mass is 10.2. The quantitative estimate of drug-likeness (QED) is 0.653. The molecular weight excluding hydrogens is 334 g/mol. The number of H-pyrrole nitrogens is 1. The molecule has 0 atom stereocenters. The van der Waals surface area contributed by atoms with Crippen LogP contribution in [0.2, 0.25) is 10.0 Å². The third kappa shape index (κ3) is 2.41. The first-order valence-corrected chi connectivity index (χ1v) is 7.11. The van der Waals surface area contributed by atoms with Gasteiger partial charge in [0.25, 0.3) is 0 Å². The molecule has 1 heterocycles. The third-order valence-electron chi connectivity index (χ3n) is 3.11. The number of fused-ring (bicyclic) bond motifs is 1. The maximum Gasteiger partial charge on any atom is 0.182 e. The number of nitrogens with one attached hydrogen (secondary N) is 1. The van der Waals surface area contributed by atoms with Crippen LogP contribution in [0.25, 0.3) is 16.7 Å². The van der Waals surface area contributed by atoms with Gasteiger partial charge in [-0.2, -0.15) is 0 Å². The molecule has 0 bridgehead atoms. The molecular formula is C14H9Cl2FN2OS. The average Bonchev–Trinajstić information content (AvgIpc) is 2.74. The number of hydrogen-bond acceptors (Lipinski definition) is 2. The van der Waals surface area contributed by atoms with Gasteiger partial charge in [-0.1, -0.05) is 23.2 Å². The number of imidazole rings is 1. The van der Waals surface area contributed by atoms with Crippen LogP contribution in [0.4, 0.5) is 4.39 Å². The van der Waals surface area contributed by atoms with E-state index < -0.39 is 5.82 Å². The Bertz CT molecular complexity index is 904. The summed E-state index contributed by atoms with van der Waals surface area (Å²) in [6, 6.07) is 7.96. The van der Waals surface area contributed by atoms with Gasteiger partial charge in [-0.15, -0.1) is 0 Å². The summed E-state index contributed by atoms with van der Waals surface area (Å²) in [7, 11) is 1.54. The van der Waals surface area contributed by atoms with Crippen LogP contribution in [0, 0.1) is 10.6 Å². The van der Waals surface area contributed by atoms with Gasteiger partial charge < -0.3 is 9.72 Å². The summed E-state index contributed by atoms with van der Waals surface area (Å²) in [6.07, 6.45) is 0. The number of aromatic nitrogens is 2. The summed E-state index contributed by atoms with van der Waals surface area (Å²) < 4.78 is 21.1. The summed E-state index contributed by atoms with van der Waals surface area (Å²) in [5, 5.41) is 0.556. The van der Waals surface area contributed by atoms with Crippen molar-refractivity contribution in [3.63, 3.8) is 0 Å². The molecule has 0 unspecified atom stereocenters. The predicted molar refractivity (Wildman–Crippen MR) is 85.0 cm³/mol. The van der Waals surface area contributed by atoms with Crippen molar-refractivity contribution in [3.05, 3.63) is 51.0 Å². The molecule has 0 fully saturated rings. The molecule has 0 amide bonds. The molecule has 21 heavy (non-hydrogen) atoms. The Morgan fingerprint density at radius 2 is 2.00 bits per heavy atom. The maximum absolute atomic E-state index is 13.8. The predicted octanol–water partition coefficient (Wildman–Crippen LogP) is 5.14. The molecule has 1 aromatic heterocycles. The van der Waals surface area contributed by atoms with Crippen molar-refractivity contribution in [2.24, 2.45) is 0 Å². The molecule has 3 nitrogen and oxygen atoms in total. The number of rotatable bonds is 2. The average molecular weight is 343 g/mol. The summed E-state index contributed by atoms with van der Waals surface area (Å²) >= 11 is 17.2. The van der Waals surface area contributed by atoms with E-state index in [1.165, 1.54) is 12.1 Å². The normalized spacial score (nSPS) is 11.0. The van der Waals surface area contributed by atoms with Crippen LogP contribution in [0.1, 0.15) is 0 Å². The Labute approximate surface area is 134 Å². The Morgan fingerprint density at radius 1 is 1.24 bits per heavy atom. The number of nitrogens with zero attached hydrogens (tertiary/aromatic N) is 1. The van der Waals surface area contributed by atoms with Crippen molar-refractivity contribution in [1.82, 2.24) is 9.55 Å². The minimum absolute atomic E-state index is 0.0314. The monoisotopic (exact) mass is 342 g/mol. The van der Waals surface area contributed by atoms with Crippen molar-refractivity contribution in [1.29, 1.82) is 0 Å². The van der Waals surface area contributed by atoms with E-state index in [1.54, 1.807) is 29.9 Å². The maximum atomic E-state index is 13.8. The molecule has 0 aliphatic carbocycles. The molecule has 2 aromatic carbocycles.